The van der Waals surface area contributed by atoms with Gasteiger partial charge < -0.3 is 5.32 Å². The first kappa shape index (κ1) is 23.4. The number of rotatable bonds is 6. The molecule has 4 aromatic rings. The number of piperidine rings is 1. The quantitative estimate of drug-likeness (QED) is 0.447. The number of likely N-dealkylation sites (tertiary alicyclic amines) is 1. The van der Waals surface area contributed by atoms with E-state index >= 15 is 0 Å². The van der Waals surface area contributed by atoms with Crippen LogP contribution in [0.4, 0.5) is 5.95 Å². The molecule has 9 heteroatoms. The minimum absolute atomic E-state index is 0.213. The van der Waals surface area contributed by atoms with Crippen molar-refractivity contribution in [3.8, 4) is 0 Å². The van der Waals surface area contributed by atoms with E-state index in [1.54, 1.807) is 7.05 Å². The van der Waals surface area contributed by atoms with E-state index < -0.39 is 5.69 Å². The zero-order chi connectivity index (χ0) is 24.5. The molecule has 0 unspecified atom stereocenters. The van der Waals surface area contributed by atoms with E-state index in [0.717, 1.165) is 42.6 Å². The van der Waals surface area contributed by atoms with Crippen molar-refractivity contribution in [2.24, 2.45) is 14.1 Å². The van der Waals surface area contributed by atoms with Crippen molar-refractivity contribution in [2.45, 2.75) is 32.0 Å². The Hall–Kier alpha value is -3.36. The molecule has 0 aliphatic carbocycles. The lowest BCUT2D eigenvalue weighted by molar-refractivity contribution is 0.211. The number of fused-ring (bicyclic) bond motifs is 1. The van der Waals surface area contributed by atoms with Crippen LogP contribution in [0, 0.1) is 0 Å². The van der Waals surface area contributed by atoms with Crippen molar-refractivity contribution >= 4 is 28.7 Å². The van der Waals surface area contributed by atoms with Crippen LogP contribution < -0.4 is 16.6 Å². The molecule has 0 atom stereocenters. The fourth-order valence-corrected chi connectivity index (χ4v) is 4.96. The van der Waals surface area contributed by atoms with Gasteiger partial charge in [-0.05, 0) is 30.0 Å². The van der Waals surface area contributed by atoms with Gasteiger partial charge in [-0.3, -0.25) is 23.4 Å². The normalized spacial score (nSPS) is 15.1. The van der Waals surface area contributed by atoms with Gasteiger partial charge in [0.2, 0.25) is 5.95 Å². The average molecular weight is 493 g/mol. The third kappa shape index (κ3) is 4.63. The van der Waals surface area contributed by atoms with Crippen LogP contribution in [0.5, 0.6) is 0 Å². The highest BCUT2D eigenvalue weighted by Crippen LogP contribution is 2.24. The third-order valence-corrected chi connectivity index (χ3v) is 7.17. The van der Waals surface area contributed by atoms with Crippen molar-refractivity contribution < 1.29 is 0 Å². The summed E-state index contributed by atoms with van der Waals surface area (Å²) in [5.74, 6) is 0.583. The topological polar surface area (TPSA) is 77.1 Å². The maximum Gasteiger partial charge on any atom is 0.332 e. The first-order valence-corrected chi connectivity index (χ1v) is 12.2. The summed E-state index contributed by atoms with van der Waals surface area (Å²) in [5.41, 5.74) is 2.19. The molecule has 1 aliphatic heterocycles. The third-order valence-electron chi connectivity index (χ3n) is 6.80. The largest absolute Gasteiger partial charge is 0.353 e. The van der Waals surface area contributed by atoms with E-state index in [4.69, 9.17) is 16.6 Å². The summed E-state index contributed by atoms with van der Waals surface area (Å²) in [5, 5.41) is 4.20. The fraction of sp³-hybridized carbons (Fsp3) is 0.346. The standard InChI is InChI=1S/C26H29ClN6O2/c1-30-23-22(24(34)31(2)26(30)35)33(17-19-10-6-7-11-21(19)27)25(29-23)28-20-12-14-32(15-13-20)16-18-8-4-3-5-9-18/h3-11,20H,12-17H2,1-2H3,(H,28,29). The van der Waals surface area contributed by atoms with Crippen LogP contribution in [-0.2, 0) is 27.2 Å². The van der Waals surface area contributed by atoms with Crippen molar-refractivity contribution in [1.82, 2.24) is 23.6 Å². The minimum atomic E-state index is -0.398. The zero-order valence-corrected chi connectivity index (χ0v) is 20.7. The molecule has 182 valence electrons. The maximum atomic E-state index is 13.1. The lowest BCUT2D eigenvalue weighted by Gasteiger charge is -2.32. The fourth-order valence-electron chi connectivity index (χ4n) is 4.77. The predicted molar refractivity (Wildman–Crippen MR) is 139 cm³/mol. The van der Waals surface area contributed by atoms with Crippen molar-refractivity contribution in [1.29, 1.82) is 0 Å². The Kier molecular flexibility index (Phi) is 6.49. The second-order valence-electron chi connectivity index (χ2n) is 9.17. The number of aromatic nitrogens is 4. The second-order valence-corrected chi connectivity index (χ2v) is 9.58. The molecule has 35 heavy (non-hydrogen) atoms. The van der Waals surface area contributed by atoms with Gasteiger partial charge in [0, 0.05) is 44.8 Å². The highest BCUT2D eigenvalue weighted by atomic mass is 35.5. The van der Waals surface area contributed by atoms with E-state index in [-0.39, 0.29) is 11.6 Å². The number of anilines is 1. The lowest BCUT2D eigenvalue weighted by atomic mass is 10.0. The number of imidazole rings is 1. The smallest absolute Gasteiger partial charge is 0.332 e. The number of hydrogen-bond acceptors (Lipinski definition) is 5. The molecule has 1 fully saturated rings. The van der Waals surface area contributed by atoms with E-state index in [1.807, 2.05) is 34.9 Å². The first-order chi connectivity index (χ1) is 16.9. The Morgan fingerprint density at radius 2 is 1.63 bits per heavy atom. The second kappa shape index (κ2) is 9.71. The lowest BCUT2D eigenvalue weighted by Crippen LogP contribution is -2.39. The summed E-state index contributed by atoms with van der Waals surface area (Å²) in [6, 6.07) is 18.3. The van der Waals surface area contributed by atoms with Crippen LogP contribution in [0.1, 0.15) is 24.0 Å². The summed E-state index contributed by atoms with van der Waals surface area (Å²) in [4.78, 5) is 32.9. The molecule has 0 saturated carbocycles. The van der Waals surface area contributed by atoms with Gasteiger partial charge in [0.15, 0.2) is 11.2 Å². The van der Waals surface area contributed by atoms with Crippen LogP contribution in [0.15, 0.2) is 64.2 Å². The summed E-state index contributed by atoms with van der Waals surface area (Å²) in [6.45, 7) is 3.25. The van der Waals surface area contributed by atoms with Gasteiger partial charge in [0.05, 0.1) is 6.54 Å². The highest BCUT2D eigenvalue weighted by molar-refractivity contribution is 6.31. The molecular weight excluding hydrogens is 464 g/mol. The molecule has 1 aliphatic rings. The molecule has 0 radical (unpaired) electrons. The van der Waals surface area contributed by atoms with Crippen LogP contribution in [-0.4, -0.2) is 42.7 Å². The summed E-state index contributed by atoms with van der Waals surface area (Å²) >= 11 is 6.45. The Labute approximate surface area is 208 Å². The summed E-state index contributed by atoms with van der Waals surface area (Å²) < 4.78 is 4.40. The van der Waals surface area contributed by atoms with Gasteiger partial charge >= 0.3 is 5.69 Å². The zero-order valence-electron chi connectivity index (χ0n) is 19.9. The van der Waals surface area contributed by atoms with E-state index in [1.165, 1.54) is 17.2 Å². The van der Waals surface area contributed by atoms with Crippen molar-refractivity contribution in [3.05, 3.63) is 91.6 Å². The highest BCUT2D eigenvalue weighted by Gasteiger charge is 2.24. The summed E-state index contributed by atoms with van der Waals surface area (Å²) in [7, 11) is 3.13. The van der Waals surface area contributed by atoms with Gasteiger partial charge in [-0.25, -0.2) is 4.79 Å². The predicted octanol–water partition coefficient (Wildman–Crippen LogP) is 3.21. The Bertz CT molecular complexity index is 1470. The maximum absolute atomic E-state index is 13.1. The minimum Gasteiger partial charge on any atom is -0.353 e. The van der Waals surface area contributed by atoms with Gasteiger partial charge in [-0.2, -0.15) is 4.98 Å². The van der Waals surface area contributed by atoms with Crippen molar-refractivity contribution in [2.75, 3.05) is 18.4 Å². The molecule has 2 aromatic heterocycles. The van der Waals surface area contributed by atoms with Gasteiger partial charge in [-0.15, -0.1) is 0 Å². The number of nitrogens with zero attached hydrogens (tertiary/aromatic N) is 5. The molecule has 3 heterocycles. The Morgan fingerprint density at radius 3 is 2.34 bits per heavy atom. The van der Waals surface area contributed by atoms with Gasteiger partial charge in [0.25, 0.3) is 5.56 Å². The van der Waals surface area contributed by atoms with Crippen LogP contribution >= 0.6 is 11.6 Å². The van der Waals surface area contributed by atoms with E-state index in [0.29, 0.717) is 28.7 Å². The van der Waals surface area contributed by atoms with E-state index in [2.05, 4.69) is 34.5 Å². The number of halogens is 1. The van der Waals surface area contributed by atoms with Crippen molar-refractivity contribution in [3.63, 3.8) is 0 Å². The van der Waals surface area contributed by atoms with E-state index in [9.17, 15) is 9.59 Å². The van der Waals surface area contributed by atoms with Crippen LogP contribution in [0.3, 0.4) is 0 Å². The number of benzene rings is 2. The van der Waals surface area contributed by atoms with Gasteiger partial charge in [-0.1, -0.05) is 60.1 Å². The molecule has 8 nitrogen and oxygen atoms in total. The molecule has 0 spiro atoms. The Balaban J connectivity index is 1.44. The number of aryl methyl sites for hydroxylation is 1. The summed E-state index contributed by atoms with van der Waals surface area (Å²) in [6.07, 6.45) is 1.91. The molecular formula is C26H29ClN6O2. The SMILES string of the molecule is Cn1c(=O)c2c(nc(NC3CCN(Cc4ccccc4)CC3)n2Cc2ccccc2Cl)n(C)c1=O. The number of nitrogens with one attached hydrogen (secondary N) is 1. The molecule has 0 bridgehead atoms. The first-order valence-electron chi connectivity index (χ1n) is 11.8. The molecule has 0 amide bonds. The Morgan fingerprint density at radius 1 is 0.943 bits per heavy atom. The molecule has 1 N–H and O–H groups in total. The van der Waals surface area contributed by atoms with Crippen LogP contribution in [0.25, 0.3) is 11.2 Å². The molecule has 2 aromatic carbocycles. The van der Waals surface area contributed by atoms with Crippen LogP contribution in [0.2, 0.25) is 5.02 Å². The average Bonchev–Trinajstić information content (AvgIpc) is 3.22. The monoisotopic (exact) mass is 492 g/mol. The molecule has 5 rings (SSSR count). The molecule has 1 saturated heterocycles. The number of hydrogen-bond donors (Lipinski definition) is 1. The van der Waals surface area contributed by atoms with Gasteiger partial charge in [0.1, 0.15) is 0 Å².